The molecule has 9 nitrogen and oxygen atoms in total. The molecule has 2 aliphatic rings. The van der Waals surface area contributed by atoms with E-state index in [2.05, 4.69) is 10.2 Å². The highest BCUT2D eigenvalue weighted by atomic mass is 32.2. The predicted octanol–water partition coefficient (Wildman–Crippen LogP) is 2.90. The maximum absolute atomic E-state index is 13.2. The molecule has 2 amide bonds. The van der Waals surface area contributed by atoms with Crippen molar-refractivity contribution in [1.82, 2.24) is 19.4 Å². The van der Waals surface area contributed by atoms with E-state index in [1.54, 1.807) is 42.2 Å². The summed E-state index contributed by atoms with van der Waals surface area (Å²) in [6.45, 7) is 8.10. The van der Waals surface area contributed by atoms with Gasteiger partial charge in [0.1, 0.15) is 0 Å². The summed E-state index contributed by atoms with van der Waals surface area (Å²) in [6.07, 6.45) is 0. The van der Waals surface area contributed by atoms with Crippen molar-refractivity contribution in [3.05, 3.63) is 77.0 Å². The second-order valence-electron chi connectivity index (χ2n) is 9.11. The molecule has 4 rings (SSSR count). The summed E-state index contributed by atoms with van der Waals surface area (Å²) in [5.74, 6) is -0.466. The number of piperazine rings is 1. The summed E-state index contributed by atoms with van der Waals surface area (Å²) >= 11 is 0. The average molecular weight is 527 g/mol. The van der Waals surface area contributed by atoms with Crippen molar-refractivity contribution in [2.45, 2.75) is 31.7 Å². The van der Waals surface area contributed by atoms with Gasteiger partial charge in [0.25, 0.3) is 0 Å². The Morgan fingerprint density at radius 3 is 2.24 bits per heavy atom. The van der Waals surface area contributed by atoms with E-state index < -0.39 is 22.0 Å². The van der Waals surface area contributed by atoms with Crippen molar-refractivity contribution in [2.24, 2.45) is 0 Å². The summed E-state index contributed by atoms with van der Waals surface area (Å²) in [6, 6.07) is 15.2. The fourth-order valence-corrected chi connectivity index (χ4v) is 6.19. The molecule has 0 bridgehead atoms. The summed E-state index contributed by atoms with van der Waals surface area (Å²) in [4.78, 5) is 30.3. The molecule has 1 saturated heterocycles. The van der Waals surface area contributed by atoms with Gasteiger partial charge in [0.2, 0.25) is 10.0 Å². The van der Waals surface area contributed by atoms with Crippen LogP contribution < -0.4 is 5.32 Å². The van der Waals surface area contributed by atoms with Crippen LogP contribution in [0.2, 0.25) is 0 Å². The molecule has 0 spiro atoms. The van der Waals surface area contributed by atoms with Crippen LogP contribution in [-0.2, 0) is 19.6 Å². The zero-order valence-electron chi connectivity index (χ0n) is 21.5. The molecule has 2 heterocycles. The minimum atomic E-state index is -3.58. The predicted molar refractivity (Wildman–Crippen MR) is 140 cm³/mol. The number of hydrogen-bond donors (Lipinski definition) is 1. The van der Waals surface area contributed by atoms with Crippen LogP contribution in [0.3, 0.4) is 0 Å². The topological polar surface area (TPSA) is 99.3 Å². The molecule has 2 aliphatic heterocycles. The van der Waals surface area contributed by atoms with E-state index >= 15 is 0 Å². The van der Waals surface area contributed by atoms with Crippen molar-refractivity contribution in [3.63, 3.8) is 0 Å². The number of rotatable bonds is 8. The number of carbonyl (C=O) groups is 2. The van der Waals surface area contributed by atoms with Crippen LogP contribution in [0, 0.1) is 6.92 Å². The summed E-state index contributed by atoms with van der Waals surface area (Å²) in [5.41, 5.74) is 2.88. The first-order valence-electron chi connectivity index (χ1n) is 12.6. The van der Waals surface area contributed by atoms with Gasteiger partial charge in [0, 0.05) is 45.0 Å². The van der Waals surface area contributed by atoms with Gasteiger partial charge in [-0.2, -0.15) is 4.31 Å². The van der Waals surface area contributed by atoms with Crippen molar-refractivity contribution >= 4 is 22.0 Å². The molecule has 198 valence electrons. The number of esters is 1. The SMILES string of the molecule is CCOC(=O)C1=C(CN2CCN(S(=O)(=O)c3ccccc3)CC2)N(CC)C(=O)NC1c1ccc(C)cc1. The highest BCUT2D eigenvalue weighted by molar-refractivity contribution is 7.89. The third-order valence-electron chi connectivity index (χ3n) is 6.75. The molecule has 2 aromatic carbocycles. The Morgan fingerprint density at radius 1 is 1.00 bits per heavy atom. The number of nitrogens with one attached hydrogen (secondary N) is 1. The van der Waals surface area contributed by atoms with Gasteiger partial charge < -0.3 is 10.1 Å². The van der Waals surface area contributed by atoms with E-state index in [1.165, 1.54) is 4.31 Å². The number of amides is 2. The van der Waals surface area contributed by atoms with Gasteiger partial charge in [0.05, 0.1) is 23.1 Å². The monoisotopic (exact) mass is 526 g/mol. The normalized spacial score (nSPS) is 19.6. The second kappa shape index (κ2) is 11.5. The zero-order valence-corrected chi connectivity index (χ0v) is 22.3. The van der Waals surface area contributed by atoms with Crippen molar-refractivity contribution in [1.29, 1.82) is 0 Å². The third kappa shape index (κ3) is 5.71. The van der Waals surface area contributed by atoms with Gasteiger partial charge in [-0.15, -0.1) is 0 Å². The number of nitrogens with zero attached hydrogens (tertiary/aromatic N) is 3. The molecule has 2 aromatic rings. The van der Waals surface area contributed by atoms with Crippen LogP contribution in [0.5, 0.6) is 0 Å². The Kier molecular flexibility index (Phi) is 8.31. The number of benzene rings is 2. The van der Waals surface area contributed by atoms with Gasteiger partial charge in [-0.1, -0.05) is 48.0 Å². The Hall–Kier alpha value is -3.21. The first-order valence-corrected chi connectivity index (χ1v) is 14.0. The van der Waals surface area contributed by atoms with E-state index in [0.717, 1.165) is 11.1 Å². The summed E-state index contributed by atoms with van der Waals surface area (Å²) < 4.78 is 33.0. The Morgan fingerprint density at radius 2 is 1.65 bits per heavy atom. The van der Waals surface area contributed by atoms with Crippen LogP contribution >= 0.6 is 0 Å². The number of likely N-dealkylation sites (N-methyl/N-ethyl adjacent to an activating group) is 1. The van der Waals surface area contributed by atoms with Crippen molar-refractivity contribution in [3.8, 4) is 0 Å². The quantitative estimate of drug-likeness (QED) is 0.531. The maximum Gasteiger partial charge on any atom is 0.338 e. The number of aryl methyl sites for hydroxylation is 1. The highest BCUT2D eigenvalue weighted by Crippen LogP contribution is 2.32. The lowest BCUT2D eigenvalue weighted by atomic mass is 9.93. The fourth-order valence-electron chi connectivity index (χ4n) is 4.75. The standard InChI is InChI=1S/C27H34N4O5S/c1-4-31-23(19-29-15-17-30(18-16-29)37(34,35)22-9-7-6-8-10-22)24(26(32)36-5-2)25(28-27(31)33)21-13-11-20(3)12-14-21/h6-14,25H,4-5,15-19H2,1-3H3,(H,28,33). The van der Waals surface area contributed by atoms with E-state index in [1.807, 2.05) is 38.1 Å². The van der Waals surface area contributed by atoms with Crippen LogP contribution in [-0.4, -0.2) is 80.4 Å². The third-order valence-corrected chi connectivity index (χ3v) is 8.66. The van der Waals surface area contributed by atoms with Crippen LogP contribution in [0.15, 0.2) is 70.8 Å². The molecule has 0 aromatic heterocycles. The first-order chi connectivity index (χ1) is 17.8. The second-order valence-corrected chi connectivity index (χ2v) is 11.0. The first kappa shape index (κ1) is 26.8. The number of ether oxygens (including phenoxy) is 1. The molecule has 10 heteroatoms. The molecule has 0 saturated carbocycles. The van der Waals surface area contributed by atoms with E-state index in [9.17, 15) is 18.0 Å². The lowest BCUT2D eigenvalue weighted by molar-refractivity contribution is -0.139. The lowest BCUT2D eigenvalue weighted by Gasteiger charge is -2.40. The summed E-state index contributed by atoms with van der Waals surface area (Å²) in [7, 11) is -3.58. The van der Waals surface area contributed by atoms with Crippen molar-refractivity contribution < 1.29 is 22.7 Å². The smallest absolute Gasteiger partial charge is 0.338 e. The number of urea groups is 1. The molecule has 1 atom stereocenters. The number of carbonyl (C=O) groups excluding carboxylic acids is 2. The highest BCUT2D eigenvalue weighted by Gasteiger charge is 2.39. The van der Waals surface area contributed by atoms with Crippen LogP contribution in [0.25, 0.3) is 0 Å². The Balaban J connectivity index is 1.62. The van der Waals surface area contributed by atoms with Crippen LogP contribution in [0.1, 0.15) is 31.0 Å². The molecule has 1 N–H and O–H groups in total. The maximum atomic E-state index is 13.2. The number of sulfonamides is 1. The molecule has 1 unspecified atom stereocenters. The average Bonchev–Trinajstić information content (AvgIpc) is 2.90. The molecule has 1 fully saturated rings. The van der Waals surface area contributed by atoms with Crippen LogP contribution in [0.4, 0.5) is 4.79 Å². The Bertz CT molecular complexity index is 1250. The van der Waals surface area contributed by atoms with E-state index in [4.69, 9.17) is 4.74 Å². The van der Waals surface area contributed by atoms with E-state index in [0.29, 0.717) is 50.5 Å². The summed E-state index contributed by atoms with van der Waals surface area (Å²) in [5, 5.41) is 2.98. The molecule has 0 aliphatic carbocycles. The minimum Gasteiger partial charge on any atom is -0.463 e. The van der Waals surface area contributed by atoms with Gasteiger partial charge in [-0.05, 0) is 38.5 Å². The van der Waals surface area contributed by atoms with Gasteiger partial charge in [0.15, 0.2) is 0 Å². The van der Waals surface area contributed by atoms with Gasteiger partial charge in [-0.25, -0.2) is 18.0 Å². The largest absolute Gasteiger partial charge is 0.463 e. The molecular formula is C27H34N4O5S. The minimum absolute atomic E-state index is 0.215. The molecule has 37 heavy (non-hydrogen) atoms. The fraction of sp³-hybridized carbons (Fsp3) is 0.407. The molecule has 0 radical (unpaired) electrons. The van der Waals surface area contributed by atoms with E-state index in [-0.39, 0.29) is 17.5 Å². The van der Waals surface area contributed by atoms with Crippen molar-refractivity contribution in [2.75, 3.05) is 45.9 Å². The van der Waals surface area contributed by atoms with Gasteiger partial charge >= 0.3 is 12.0 Å². The Labute approximate surface area is 218 Å². The molecular weight excluding hydrogens is 492 g/mol. The lowest BCUT2D eigenvalue weighted by Crippen LogP contribution is -2.53. The number of hydrogen-bond acceptors (Lipinski definition) is 6. The van der Waals surface area contributed by atoms with Gasteiger partial charge in [-0.3, -0.25) is 9.80 Å². The zero-order chi connectivity index (χ0) is 26.6.